The summed E-state index contributed by atoms with van der Waals surface area (Å²) in [6.07, 6.45) is 0.989. The van der Waals surface area contributed by atoms with E-state index in [1.807, 2.05) is 0 Å². The highest BCUT2D eigenvalue weighted by molar-refractivity contribution is 5.99. The van der Waals surface area contributed by atoms with Crippen molar-refractivity contribution < 1.29 is 14.7 Å². The summed E-state index contributed by atoms with van der Waals surface area (Å²) in [4.78, 5) is 11.9. The minimum atomic E-state index is -0.127. The van der Waals surface area contributed by atoms with E-state index in [2.05, 4.69) is 10.5 Å². The Kier molecular flexibility index (Phi) is 4.35. The molecule has 1 aromatic carbocycles. The maximum Gasteiger partial charge on any atom is 0.251 e. The van der Waals surface area contributed by atoms with Crippen molar-refractivity contribution in [3.63, 3.8) is 0 Å². The average molecular weight is 263 g/mol. The molecule has 1 amide bonds. The molecule has 1 aliphatic rings. The minimum absolute atomic E-state index is 0.0232. The van der Waals surface area contributed by atoms with Crippen LogP contribution in [0, 0.1) is 5.92 Å². The normalized spacial score (nSPS) is 19.4. The molecule has 0 radical (unpaired) electrons. The van der Waals surface area contributed by atoms with E-state index >= 15 is 0 Å². The first-order valence-corrected chi connectivity index (χ1v) is 6.14. The SMILES string of the molecule is NC(=NO)c1ccc(C(=O)NCC2CCOC2)cc1. The highest BCUT2D eigenvalue weighted by Crippen LogP contribution is 2.11. The predicted octanol–water partition coefficient (Wildman–Crippen LogP) is 0.547. The number of amides is 1. The molecule has 0 spiro atoms. The molecule has 0 saturated carbocycles. The molecule has 0 bridgehead atoms. The number of carbonyl (C=O) groups excluding carboxylic acids is 1. The number of nitrogens with zero attached hydrogens (tertiary/aromatic N) is 1. The van der Waals surface area contributed by atoms with Crippen LogP contribution in [0.5, 0.6) is 0 Å². The van der Waals surface area contributed by atoms with Crippen molar-refractivity contribution in [3.05, 3.63) is 35.4 Å². The fraction of sp³-hybridized carbons (Fsp3) is 0.385. The Morgan fingerprint density at radius 1 is 1.42 bits per heavy atom. The van der Waals surface area contributed by atoms with Crippen LogP contribution < -0.4 is 11.1 Å². The number of benzene rings is 1. The van der Waals surface area contributed by atoms with E-state index in [9.17, 15) is 4.79 Å². The Hall–Kier alpha value is -2.08. The van der Waals surface area contributed by atoms with Crippen LogP contribution in [0.4, 0.5) is 0 Å². The Balaban J connectivity index is 1.91. The summed E-state index contributed by atoms with van der Waals surface area (Å²) in [6, 6.07) is 6.58. The van der Waals surface area contributed by atoms with Gasteiger partial charge in [0.15, 0.2) is 5.84 Å². The number of nitrogens with one attached hydrogen (secondary N) is 1. The van der Waals surface area contributed by atoms with Gasteiger partial charge in [0, 0.05) is 30.2 Å². The highest BCUT2D eigenvalue weighted by Gasteiger charge is 2.16. The monoisotopic (exact) mass is 263 g/mol. The molecule has 0 aliphatic carbocycles. The molecular formula is C13H17N3O3. The van der Waals surface area contributed by atoms with E-state index in [-0.39, 0.29) is 11.7 Å². The van der Waals surface area contributed by atoms with E-state index in [4.69, 9.17) is 15.7 Å². The van der Waals surface area contributed by atoms with Gasteiger partial charge in [-0.2, -0.15) is 0 Å². The van der Waals surface area contributed by atoms with Crippen molar-refractivity contribution in [2.45, 2.75) is 6.42 Å². The summed E-state index contributed by atoms with van der Waals surface area (Å²) in [7, 11) is 0. The van der Waals surface area contributed by atoms with Gasteiger partial charge < -0.3 is 21.0 Å². The van der Waals surface area contributed by atoms with Crippen LogP contribution in [0.15, 0.2) is 29.4 Å². The van der Waals surface area contributed by atoms with Gasteiger partial charge in [-0.05, 0) is 18.6 Å². The molecule has 1 unspecified atom stereocenters. The largest absolute Gasteiger partial charge is 0.409 e. The first kappa shape index (κ1) is 13.4. The lowest BCUT2D eigenvalue weighted by molar-refractivity contribution is 0.0945. The Morgan fingerprint density at radius 2 is 2.11 bits per heavy atom. The maximum absolute atomic E-state index is 11.9. The summed E-state index contributed by atoms with van der Waals surface area (Å²) < 4.78 is 5.25. The maximum atomic E-state index is 11.9. The second-order valence-corrected chi connectivity index (χ2v) is 4.50. The molecule has 6 nitrogen and oxygen atoms in total. The lowest BCUT2D eigenvalue weighted by Gasteiger charge is -2.09. The quantitative estimate of drug-likeness (QED) is 0.320. The number of hydrogen-bond donors (Lipinski definition) is 3. The second-order valence-electron chi connectivity index (χ2n) is 4.50. The average Bonchev–Trinajstić information content (AvgIpc) is 2.97. The number of hydrogen-bond acceptors (Lipinski definition) is 4. The Morgan fingerprint density at radius 3 is 2.68 bits per heavy atom. The van der Waals surface area contributed by atoms with Crippen LogP contribution in [0.2, 0.25) is 0 Å². The van der Waals surface area contributed by atoms with Gasteiger partial charge in [0.2, 0.25) is 0 Å². The minimum Gasteiger partial charge on any atom is -0.409 e. The van der Waals surface area contributed by atoms with Gasteiger partial charge in [0.1, 0.15) is 0 Å². The zero-order valence-corrected chi connectivity index (χ0v) is 10.5. The van der Waals surface area contributed by atoms with Crippen molar-refractivity contribution in [1.29, 1.82) is 0 Å². The number of oxime groups is 1. The summed E-state index contributed by atoms with van der Waals surface area (Å²) in [5.41, 5.74) is 6.57. The van der Waals surface area contributed by atoms with Gasteiger partial charge in [0.25, 0.3) is 5.91 Å². The zero-order valence-electron chi connectivity index (χ0n) is 10.5. The van der Waals surface area contributed by atoms with Crippen LogP contribution in [0.25, 0.3) is 0 Å². The zero-order chi connectivity index (χ0) is 13.7. The first-order valence-electron chi connectivity index (χ1n) is 6.14. The summed E-state index contributed by atoms with van der Waals surface area (Å²) in [5, 5.41) is 14.3. The molecule has 1 saturated heterocycles. The molecule has 4 N–H and O–H groups in total. The van der Waals surface area contributed by atoms with Crippen LogP contribution in [-0.4, -0.2) is 36.7 Å². The lowest BCUT2D eigenvalue weighted by Crippen LogP contribution is -2.29. The molecule has 1 aromatic rings. The van der Waals surface area contributed by atoms with Crippen molar-refractivity contribution in [1.82, 2.24) is 5.32 Å². The Bertz CT molecular complexity index is 465. The molecule has 1 heterocycles. The van der Waals surface area contributed by atoms with E-state index in [1.54, 1.807) is 24.3 Å². The van der Waals surface area contributed by atoms with Crippen LogP contribution in [-0.2, 0) is 4.74 Å². The van der Waals surface area contributed by atoms with Crippen molar-refractivity contribution >= 4 is 11.7 Å². The summed E-state index contributed by atoms with van der Waals surface area (Å²) in [5.74, 6) is 0.299. The number of amidine groups is 1. The van der Waals surface area contributed by atoms with Gasteiger partial charge >= 0.3 is 0 Å². The lowest BCUT2D eigenvalue weighted by atomic mass is 10.1. The number of nitrogens with two attached hydrogens (primary N) is 1. The van der Waals surface area contributed by atoms with Crippen molar-refractivity contribution in [2.24, 2.45) is 16.8 Å². The molecular weight excluding hydrogens is 246 g/mol. The summed E-state index contributed by atoms with van der Waals surface area (Å²) >= 11 is 0. The van der Waals surface area contributed by atoms with E-state index in [0.717, 1.165) is 13.0 Å². The van der Waals surface area contributed by atoms with Crippen LogP contribution >= 0.6 is 0 Å². The van der Waals surface area contributed by atoms with Gasteiger partial charge in [-0.15, -0.1) is 0 Å². The number of carbonyl (C=O) groups is 1. The molecule has 6 heteroatoms. The fourth-order valence-corrected chi connectivity index (χ4v) is 1.93. The third-order valence-electron chi connectivity index (χ3n) is 3.13. The molecule has 19 heavy (non-hydrogen) atoms. The standard InChI is InChI=1S/C13H17N3O3/c14-12(16-18)10-1-3-11(4-2-10)13(17)15-7-9-5-6-19-8-9/h1-4,9,18H,5-8H2,(H2,14,16)(H,15,17). The third-order valence-corrected chi connectivity index (χ3v) is 3.13. The molecule has 102 valence electrons. The van der Waals surface area contributed by atoms with Crippen LogP contribution in [0.3, 0.4) is 0 Å². The Labute approximate surface area is 111 Å². The molecule has 1 fully saturated rings. The summed E-state index contributed by atoms with van der Waals surface area (Å²) in [6.45, 7) is 2.11. The van der Waals surface area contributed by atoms with E-state index in [0.29, 0.717) is 30.2 Å². The van der Waals surface area contributed by atoms with Gasteiger partial charge in [-0.25, -0.2) is 0 Å². The smallest absolute Gasteiger partial charge is 0.251 e. The second kappa shape index (κ2) is 6.19. The number of ether oxygens (including phenoxy) is 1. The highest BCUT2D eigenvalue weighted by atomic mass is 16.5. The van der Waals surface area contributed by atoms with Gasteiger partial charge in [-0.3, -0.25) is 4.79 Å². The molecule has 1 atom stereocenters. The van der Waals surface area contributed by atoms with E-state index in [1.165, 1.54) is 0 Å². The molecule has 1 aliphatic heterocycles. The number of rotatable bonds is 4. The van der Waals surface area contributed by atoms with Gasteiger partial charge in [0.05, 0.1) is 6.61 Å². The predicted molar refractivity (Wildman–Crippen MR) is 70.2 cm³/mol. The van der Waals surface area contributed by atoms with Crippen molar-refractivity contribution in [3.8, 4) is 0 Å². The van der Waals surface area contributed by atoms with E-state index < -0.39 is 0 Å². The van der Waals surface area contributed by atoms with Crippen LogP contribution in [0.1, 0.15) is 22.3 Å². The first-order chi connectivity index (χ1) is 9.20. The van der Waals surface area contributed by atoms with Crippen molar-refractivity contribution in [2.75, 3.05) is 19.8 Å². The third kappa shape index (κ3) is 3.45. The fourth-order valence-electron chi connectivity index (χ4n) is 1.93. The molecule has 0 aromatic heterocycles. The topological polar surface area (TPSA) is 96.9 Å². The molecule has 2 rings (SSSR count). The van der Waals surface area contributed by atoms with Gasteiger partial charge in [-0.1, -0.05) is 17.3 Å².